The van der Waals surface area contributed by atoms with Gasteiger partial charge in [-0.05, 0) is 30.2 Å². The second-order valence-electron chi connectivity index (χ2n) is 5.20. The van der Waals surface area contributed by atoms with Crippen LogP contribution in [-0.4, -0.2) is 5.97 Å². The number of thiol groups is 1. The van der Waals surface area contributed by atoms with Crippen molar-refractivity contribution in [2.75, 3.05) is 0 Å². The van der Waals surface area contributed by atoms with E-state index in [1.807, 2.05) is 6.07 Å². The van der Waals surface area contributed by atoms with E-state index in [4.69, 9.17) is 21.1 Å². The number of ether oxygens (including phenoxy) is 2. The summed E-state index contributed by atoms with van der Waals surface area (Å²) in [6, 6.07) is 8.10. The largest absolute Gasteiger partial charge is 0.487 e. The first kappa shape index (κ1) is 18.6. The Morgan fingerprint density at radius 3 is 2.71 bits per heavy atom. The highest BCUT2D eigenvalue weighted by atomic mass is 35.5. The number of benzene rings is 2. The summed E-state index contributed by atoms with van der Waals surface area (Å²) in [6.45, 7) is 3.44. The van der Waals surface area contributed by atoms with Crippen LogP contribution in [0.15, 0.2) is 30.3 Å². The third-order valence-corrected chi connectivity index (χ3v) is 4.13. The molecular formula is C18H18ClFO3S. The van der Waals surface area contributed by atoms with Crippen LogP contribution in [0.5, 0.6) is 11.5 Å². The first-order valence-corrected chi connectivity index (χ1v) is 8.48. The molecule has 0 N–H and O–H groups in total. The highest BCUT2D eigenvalue weighted by Crippen LogP contribution is 2.31. The molecule has 0 spiro atoms. The van der Waals surface area contributed by atoms with Crippen LogP contribution < -0.4 is 9.47 Å². The zero-order valence-electron chi connectivity index (χ0n) is 13.4. The Balaban J connectivity index is 2.28. The van der Waals surface area contributed by atoms with Crippen molar-refractivity contribution in [3.63, 3.8) is 0 Å². The molecule has 0 atom stereocenters. The minimum Gasteiger partial charge on any atom is -0.487 e. The number of hydrogen-bond donors (Lipinski definition) is 1. The predicted molar refractivity (Wildman–Crippen MR) is 95.5 cm³/mol. The molecule has 0 aliphatic heterocycles. The molecule has 6 heteroatoms. The van der Waals surface area contributed by atoms with Gasteiger partial charge in [-0.3, -0.25) is 4.79 Å². The summed E-state index contributed by atoms with van der Waals surface area (Å²) in [7, 11) is 0. The molecule has 0 aromatic heterocycles. The first-order valence-electron chi connectivity index (χ1n) is 7.47. The predicted octanol–water partition coefficient (Wildman–Crippen LogP) is 5.11. The van der Waals surface area contributed by atoms with Crippen molar-refractivity contribution < 1.29 is 18.7 Å². The molecule has 0 aliphatic carbocycles. The normalized spacial score (nSPS) is 10.5. The molecule has 0 unspecified atom stereocenters. The Bertz CT molecular complexity index is 749. The first-order chi connectivity index (χ1) is 11.5. The molecule has 0 saturated heterocycles. The topological polar surface area (TPSA) is 35.5 Å². The molecule has 0 aliphatic rings. The number of rotatable bonds is 6. The van der Waals surface area contributed by atoms with Gasteiger partial charge in [-0.2, -0.15) is 12.6 Å². The van der Waals surface area contributed by atoms with Crippen LogP contribution >= 0.6 is 24.2 Å². The fourth-order valence-corrected chi connectivity index (χ4v) is 2.67. The summed E-state index contributed by atoms with van der Waals surface area (Å²) >= 11 is 10.4. The van der Waals surface area contributed by atoms with Gasteiger partial charge < -0.3 is 9.47 Å². The molecule has 0 heterocycles. The number of carbonyl (C=O) groups is 1. The third-order valence-electron chi connectivity index (χ3n) is 3.50. The Morgan fingerprint density at radius 2 is 2.04 bits per heavy atom. The minimum atomic E-state index is -0.394. The highest BCUT2D eigenvalue weighted by molar-refractivity contribution is 7.79. The van der Waals surface area contributed by atoms with Crippen molar-refractivity contribution in [1.29, 1.82) is 0 Å². The molecule has 2 rings (SSSR count). The smallest absolute Gasteiger partial charge is 0.310 e. The number of aryl methyl sites for hydroxylation is 1. The monoisotopic (exact) mass is 368 g/mol. The molecule has 3 nitrogen and oxygen atoms in total. The highest BCUT2D eigenvalue weighted by Gasteiger charge is 2.14. The van der Waals surface area contributed by atoms with Gasteiger partial charge in [-0.25, -0.2) is 4.39 Å². The molecular weight excluding hydrogens is 351 g/mol. The van der Waals surface area contributed by atoms with Crippen LogP contribution in [0, 0.1) is 12.7 Å². The Hall–Kier alpha value is -1.72. The van der Waals surface area contributed by atoms with Gasteiger partial charge in [-0.1, -0.05) is 30.7 Å². The molecule has 0 fully saturated rings. The lowest BCUT2D eigenvalue weighted by Gasteiger charge is -2.15. The standard InChI is InChI=1S/C18H18ClFO3S/c1-3-18(21)23-16-6-4-5-12(10-24)13(16)9-22-17-8-15(20)11(2)7-14(17)19/h4-8,24H,3,9-10H2,1-2H3. The molecule has 0 bridgehead atoms. The van der Waals surface area contributed by atoms with E-state index in [-0.39, 0.29) is 24.7 Å². The van der Waals surface area contributed by atoms with Crippen molar-refractivity contribution in [2.45, 2.75) is 32.6 Å². The lowest BCUT2D eigenvalue weighted by molar-refractivity contribution is -0.134. The lowest BCUT2D eigenvalue weighted by Crippen LogP contribution is -2.10. The molecule has 0 saturated carbocycles. The quantitative estimate of drug-likeness (QED) is 0.437. The molecule has 24 heavy (non-hydrogen) atoms. The van der Waals surface area contributed by atoms with E-state index in [0.717, 1.165) is 5.56 Å². The zero-order valence-corrected chi connectivity index (χ0v) is 15.1. The van der Waals surface area contributed by atoms with Crippen LogP contribution in [0.25, 0.3) is 0 Å². The fraction of sp³-hybridized carbons (Fsp3) is 0.278. The van der Waals surface area contributed by atoms with E-state index >= 15 is 0 Å². The Morgan fingerprint density at radius 1 is 1.29 bits per heavy atom. The summed E-state index contributed by atoms with van der Waals surface area (Å²) in [6.07, 6.45) is 0.264. The van der Waals surface area contributed by atoms with Crippen LogP contribution in [0.3, 0.4) is 0 Å². The SMILES string of the molecule is CCC(=O)Oc1cccc(CS)c1COc1cc(F)c(C)cc1Cl. The average molecular weight is 369 g/mol. The van der Waals surface area contributed by atoms with Gasteiger partial charge in [0.25, 0.3) is 0 Å². The average Bonchev–Trinajstić information content (AvgIpc) is 2.57. The Labute approximate surface area is 151 Å². The third kappa shape index (κ3) is 4.42. The van der Waals surface area contributed by atoms with Gasteiger partial charge in [0.1, 0.15) is 23.9 Å². The van der Waals surface area contributed by atoms with Crippen LogP contribution in [0.1, 0.15) is 30.0 Å². The number of carbonyl (C=O) groups excluding carboxylic acids is 1. The van der Waals surface area contributed by atoms with E-state index in [2.05, 4.69) is 12.6 Å². The molecule has 128 valence electrons. The zero-order chi connectivity index (χ0) is 17.7. The summed E-state index contributed by atoms with van der Waals surface area (Å²) in [5.74, 6) is 0.367. The number of hydrogen-bond acceptors (Lipinski definition) is 4. The maximum atomic E-state index is 13.7. The van der Waals surface area contributed by atoms with Crippen molar-refractivity contribution in [3.8, 4) is 11.5 Å². The number of halogens is 2. The van der Waals surface area contributed by atoms with Gasteiger partial charge in [0.05, 0.1) is 5.02 Å². The fourth-order valence-electron chi connectivity index (χ4n) is 2.10. The van der Waals surface area contributed by atoms with E-state index < -0.39 is 5.82 Å². The molecule has 0 amide bonds. The summed E-state index contributed by atoms with van der Waals surface area (Å²) < 4.78 is 24.7. The van der Waals surface area contributed by atoms with Gasteiger partial charge in [0.15, 0.2) is 0 Å². The van der Waals surface area contributed by atoms with Gasteiger partial charge in [-0.15, -0.1) is 0 Å². The van der Waals surface area contributed by atoms with Crippen LogP contribution in [0.4, 0.5) is 4.39 Å². The summed E-state index contributed by atoms with van der Waals surface area (Å²) in [5, 5.41) is 0.323. The summed E-state index contributed by atoms with van der Waals surface area (Å²) in [5.41, 5.74) is 2.00. The van der Waals surface area contributed by atoms with E-state index in [0.29, 0.717) is 27.7 Å². The second-order valence-corrected chi connectivity index (χ2v) is 5.92. The molecule has 0 radical (unpaired) electrons. The van der Waals surface area contributed by atoms with Crippen molar-refractivity contribution in [3.05, 3.63) is 57.9 Å². The maximum absolute atomic E-state index is 13.7. The maximum Gasteiger partial charge on any atom is 0.310 e. The van der Waals surface area contributed by atoms with E-state index in [1.54, 1.807) is 26.0 Å². The van der Waals surface area contributed by atoms with Crippen molar-refractivity contribution in [2.24, 2.45) is 0 Å². The second kappa shape index (κ2) is 8.40. The number of esters is 1. The lowest BCUT2D eigenvalue weighted by atomic mass is 10.1. The van der Waals surface area contributed by atoms with Gasteiger partial charge in [0.2, 0.25) is 0 Å². The Kier molecular flexibility index (Phi) is 6.52. The van der Waals surface area contributed by atoms with Gasteiger partial charge >= 0.3 is 5.97 Å². The van der Waals surface area contributed by atoms with E-state index in [9.17, 15) is 9.18 Å². The summed E-state index contributed by atoms with van der Waals surface area (Å²) in [4.78, 5) is 11.6. The van der Waals surface area contributed by atoms with Crippen LogP contribution in [0.2, 0.25) is 5.02 Å². The van der Waals surface area contributed by atoms with Crippen molar-refractivity contribution in [1.82, 2.24) is 0 Å². The van der Waals surface area contributed by atoms with Crippen LogP contribution in [-0.2, 0) is 17.2 Å². The molecule has 2 aromatic rings. The minimum absolute atomic E-state index is 0.0886. The van der Waals surface area contributed by atoms with E-state index in [1.165, 1.54) is 12.1 Å². The van der Waals surface area contributed by atoms with Gasteiger partial charge in [0, 0.05) is 23.8 Å². The molecule has 2 aromatic carbocycles. The van der Waals surface area contributed by atoms with Crippen molar-refractivity contribution >= 4 is 30.2 Å².